The second-order valence-corrected chi connectivity index (χ2v) is 9.51. The Morgan fingerprint density at radius 1 is 1.07 bits per heavy atom. The van der Waals surface area contributed by atoms with Gasteiger partial charge in [0.25, 0.3) is 5.91 Å². The predicted molar refractivity (Wildman–Crippen MR) is 115 cm³/mol. The van der Waals surface area contributed by atoms with Crippen molar-refractivity contribution in [3.8, 4) is 5.75 Å². The summed E-state index contributed by atoms with van der Waals surface area (Å²) in [5.74, 6) is -0.0144. The fraction of sp³-hybridized carbons (Fsp3) is 0.300. The number of carbonyl (C=O) groups excluding carboxylic acids is 2. The summed E-state index contributed by atoms with van der Waals surface area (Å²) in [6.45, 7) is 0.776. The smallest absolute Gasteiger partial charge is 0.251 e. The molecule has 8 nitrogen and oxygen atoms in total. The van der Waals surface area contributed by atoms with Gasteiger partial charge in [0.15, 0.2) is 0 Å². The van der Waals surface area contributed by atoms with E-state index in [4.69, 9.17) is 4.74 Å². The molecule has 1 saturated heterocycles. The predicted octanol–water partition coefficient (Wildman–Crippen LogP) is 1.72. The first kappa shape index (κ1) is 22.3. The molecule has 160 valence electrons. The lowest BCUT2D eigenvalue weighted by Crippen LogP contribution is -2.52. The average Bonchev–Trinajstić information content (AvgIpc) is 2.77. The van der Waals surface area contributed by atoms with Crippen molar-refractivity contribution in [3.63, 3.8) is 0 Å². The summed E-state index contributed by atoms with van der Waals surface area (Å²) in [5.41, 5.74) is 0.451. The third-order valence-corrected chi connectivity index (χ3v) is 7.18. The van der Waals surface area contributed by atoms with Gasteiger partial charge in [-0.2, -0.15) is 4.31 Å². The number of ether oxygens (including phenoxy) is 1. The Kier molecular flexibility index (Phi) is 7.11. The highest BCUT2D eigenvalue weighted by Crippen LogP contribution is 2.20. The number of sulfonamides is 1. The molecule has 2 aromatic carbocycles. The number of nitrogens with zero attached hydrogens (tertiary/aromatic N) is 2. The van der Waals surface area contributed by atoms with Crippen LogP contribution in [0.3, 0.4) is 0 Å². The van der Waals surface area contributed by atoms with Gasteiger partial charge >= 0.3 is 0 Å². The molecule has 1 heterocycles. The van der Waals surface area contributed by atoms with Crippen LogP contribution >= 0.6 is 15.9 Å². The van der Waals surface area contributed by atoms with Crippen molar-refractivity contribution in [2.24, 2.45) is 0 Å². The van der Waals surface area contributed by atoms with Crippen LogP contribution < -0.4 is 10.1 Å². The van der Waals surface area contributed by atoms with Gasteiger partial charge < -0.3 is 15.0 Å². The first-order valence-corrected chi connectivity index (χ1v) is 11.5. The van der Waals surface area contributed by atoms with Crippen molar-refractivity contribution in [2.45, 2.75) is 4.90 Å². The lowest BCUT2D eigenvalue weighted by Gasteiger charge is -2.34. The number of hydrogen-bond acceptors (Lipinski definition) is 5. The first-order chi connectivity index (χ1) is 14.3. The molecule has 0 atom stereocenters. The number of amides is 2. The quantitative estimate of drug-likeness (QED) is 0.657. The number of rotatable bonds is 6. The maximum atomic E-state index is 12.8. The van der Waals surface area contributed by atoms with Gasteiger partial charge in [0.1, 0.15) is 5.75 Å². The number of methoxy groups -OCH3 is 1. The van der Waals surface area contributed by atoms with E-state index in [1.54, 1.807) is 41.3 Å². The summed E-state index contributed by atoms with van der Waals surface area (Å²) in [4.78, 5) is 26.3. The van der Waals surface area contributed by atoms with Crippen LogP contribution in [-0.2, 0) is 14.8 Å². The van der Waals surface area contributed by atoms with Crippen molar-refractivity contribution in [3.05, 3.63) is 58.6 Å². The topological polar surface area (TPSA) is 96.0 Å². The van der Waals surface area contributed by atoms with Crippen LogP contribution in [0, 0.1) is 0 Å². The van der Waals surface area contributed by atoms with Gasteiger partial charge in [0.05, 0.1) is 18.6 Å². The fourth-order valence-corrected chi connectivity index (χ4v) is 4.90. The number of hydrogen-bond donors (Lipinski definition) is 1. The van der Waals surface area contributed by atoms with E-state index < -0.39 is 10.0 Å². The molecular formula is C20H22BrN3O5S. The van der Waals surface area contributed by atoms with Gasteiger partial charge in [0, 0.05) is 36.2 Å². The maximum absolute atomic E-state index is 12.8. The second kappa shape index (κ2) is 9.59. The van der Waals surface area contributed by atoms with E-state index >= 15 is 0 Å². The fourth-order valence-electron chi connectivity index (χ4n) is 3.07. The van der Waals surface area contributed by atoms with Crippen molar-refractivity contribution < 1.29 is 22.7 Å². The molecular weight excluding hydrogens is 474 g/mol. The van der Waals surface area contributed by atoms with Crippen LogP contribution in [0.1, 0.15) is 10.4 Å². The molecule has 2 amide bonds. The van der Waals surface area contributed by atoms with Gasteiger partial charge in [-0.05, 0) is 42.5 Å². The molecule has 30 heavy (non-hydrogen) atoms. The third kappa shape index (κ3) is 5.18. The Balaban J connectivity index is 1.53. The summed E-state index contributed by atoms with van der Waals surface area (Å²) < 4.78 is 32.8. The molecule has 10 heteroatoms. The van der Waals surface area contributed by atoms with E-state index in [1.807, 2.05) is 0 Å². The molecule has 0 aliphatic carbocycles. The third-order valence-electron chi connectivity index (χ3n) is 4.78. The zero-order valence-electron chi connectivity index (χ0n) is 16.4. The monoisotopic (exact) mass is 495 g/mol. The van der Waals surface area contributed by atoms with E-state index in [2.05, 4.69) is 21.2 Å². The maximum Gasteiger partial charge on any atom is 0.251 e. The van der Waals surface area contributed by atoms with Gasteiger partial charge in [-0.25, -0.2) is 8.42 Å². The van der Waals surface area contributed by atoms with Crippen molar-refractivity contribution in [1.29, 1.82) is 0 Å². The highest BCUT2D eigenvalue weighted by atomic mass is 79.9. The number of benzene rings is 2. The molecule has 1 aliphatic rings. The standard InChI is InChI=1S/C20H22BrN3O5S/c1-29-17-5-7-18(8-6-17)30(27,28)24-11-9-23(10-12-24)19(25)14-22-20(26)15-3-2-4-16(21)13-15/h2-8,13H,9-12,14H2,1H3,(H,22,26). The molecule has 3 rings (SSSR count). The van der Waals surface area contributed by atoms with Gasteiger partial charge in [-0.1, -0.05) is 22.0 Å². The van der Waals surface area contributed by atoms with Gasteiger partial charge in [-0.3, -0.25) is 9.59 Å². The Hall–Kier alpha value is -2.43. The van der Waals surface area contributed by atoms with Crippen LogP contribution in [0.25, 0.3) is 0 Å². The van der Waals surface area contributed by atoms with Gasteiger partial charge in [0.2, 0.25) is 15.9 Å². The molecule has 0 bridgehead atoms. The molecule has 0 spiro atoms. The highest BCUT2D eigenvalue weighted by molar-refractivity contribution is 9.10. The second-order valence-electron chi connectivity index (χ2n) is 6.65. The van der Waals surface area contributed by atoms with E-state index in [0.29, 0.717) is 11.3 Å². The van der Waals surface area contributed by atoms with E-state index in [1.165, 1.54) is 23.5 Å². The summed E-state index contributed by atoms with van der Waals surface area (Å²) in [6, 6.07) is 13.1. The summed E-state index contributed by atoms with van der Waals surface area (Å²) >= 11 is 3.30. The van der Waals surface area contributed by atoms with Crippen LogP contribution in [-0.4, -0.2) is 69.3 Å². The molecule has 0 radical (unpaired) electrons. The number of halogens is 1. The minimum absolute atomic E-state index is 0.142. The molecule has 1 aliphatic heterocycles. The minimum atomic E-state index is -3.64. The van der Waals surface area contributed by atoms with E-state index in [9.17, 15) is 18.0 Å². The SMILES string of the molecule is COc1ccc(S(=O)(=O)N2CCN(C(=O)CNC(=O)c3cccc(Br)c3)CC2)cc1. The number of carbonyl (C=O) groups is 2. The first-order valence-electron chi connectivity index (χ1n) is 9.27. The molecule has 0 saturated carbocycles. The van der Waals surface area contributed by atoms with E-state index in [0.717, 1.165) is 4.47 Å². The molecule has 0 aromatic heterocycles. The zero-order valence-corrected chi connectivity index (χ0v) is 18.8. The number of piperazine rings is 1. The minimum Gasteiger partial charge on any atom is -0.497 e. The summed E-state index contributed by atoms with van der Waals surface area (Å²) in [5, 5.41) is 2.61. The Labute approximate surface area is 184 Å². The molecule has 1 fully saturated rings. The summed E-state index contributed by atoms with van der Waals surface area (Å²) in [7, 11) is -2.12. The van der Waals surface area contributed by atoms with Crippen LogP contribution in [0.4, 0.5) is 0 Å². The van der Waals surface area contributed by atoms with Gasteiger partial charge in [-0.15, -0.1) is 0 Å². The van der Waals surface area contributed by atoms with Crippen molar-refractivity contribution in [2.75, 3.05) is 39.8 Å². The van der Waals surface area contributed by atoms with Crippen LogP contribution in [0.15, 0.2) is 57.9 Å². The van der Waals surface area contributed by atoms with Crippen LogP contribution in [0.2, 0.25) is 0 Å². The van der Waals surface area contributed by atoms with Crippen molar-refractivity contribution in [1.82, 2.24) is 14.5 Å². The normalized spacial score (nSPS) is 14.9. The highest BCUT2D eigenvalue weighted by Gasteiger charge is 2.30. The lowest BCUT2D eigenvalue weighted by atomic mass is 10.2. The Morgan fingerprint density at radius 3 is 2.33 bits per heavy atom. The Morgan fingerprint density at radius 2 is 1.73 bits per heavy atom. The number of nitrogens with one attached hydrogen (secondary N) is 1. The largest absolute Gasteiger partial charge is 0.497 e. The van der Waals surface area contributed by atoms with E-state index in [-0.39, 0.29) is 49.4 Å². The van der Waals surface area contributed by atoms with Crippen LogP contribution in [0.5, 0.6) is 5.75 Å². The summed E-state index contributed by atoms with van der Waals surface area (Å²) in [6.07, 6.45) is 0. The molecule has 0 unspecified atom stereocenters. The molecule has 2 aromatic rings. The Bertz CT molecular complexity index is 1020. The van der Waals surface area contributed by atoms with Crippen molar-refractivity contribution >= 4 is 37.8 Å². The lowest BCUT2D eigenvalue weighted by molar-refractivity contribution is -0.131. The average molecular weight is 496 g/mol. The zero-order chi connectivity index (χ0) is 21.7. The molecule has 1 N–H and O–H groups in total.